The van der Waals surface area contributed by atoms with E-state index in [9.17, 15) is 0 Å². The van der Waals surface area contributed by atoms with E-state index in [0.29, 0.717) is 11.1 Å². The van der Waals surface area contributed by atoms with Gasteiger partial charge in [-0.2, -0.15) is 0 Å². The van der Waals surface area contributed by atoms with Gasteiger partial charge in [0.15, 0.2) is 27.3 Å². The summed E-state index contributed by atoms with van der Waals surface area (Å²) in [5, 5.41) is 8.55. The Morgan fingerprint density at radius 2 is 0.980 bits per heavy atom. The first-order valence-electron chi connectivity index (χ1n) is 18.5. The van der Waals surface area contributed by atoms with Crippen LogP contribution >= 0.6 is 0 Å². The number of furan rings is 1. The maximum absolute atomic E-state index is 7.50. The molecular formula is C46H42N2OSi2. The zero-order valence-corrected chi connectivity index (χ0v) is 30.9. The summed E-state index contributed by atoms with van der Waals surface area (Å²) in [5.74, 6) is 0. The lowest BCUT2D eigenvalue weighted by Gasteiger charge is -2.42. The molecule has 0 saturated heterocycles. The van der Waals surface area contributed by atoms with Gasteiger partial charge >= 0.3 is 0 Å². The van der Waals surface area contributed by atoms with Crippen molar-refractivity contribution in [2.75, 3.05) is 0 Å². The molecule has 4 atom stereocenters. The van der Waals surface area contributed by atoms with Crippen molar-refractivity contribution in [3.8, 4) is 0 Å². The number of rotatable bonds is 8. The van der Waals surface area contributed by atoms with Gasteiger partial charge in [0.2, 0.25) is 0 Å². The Morgan fingerprint density at radius 1 is 0.510 bits per heavy atom. The lowest BCUT2D eigenvalue weighted by Crippen LogP contribution is -2.63. The smallest absolute Gasteiger partial charge is 0.156 e. The number of fused-ring (bicyclic) bond motifs is 3. The Morgan fingerprint density at radius 3 is 1.37 bits per heavy atom. The van der Waals surface area contributed by atoms with Crippen LogP contribution in [0.1, 0.15) is 38.5 Å². The van der Waals surface area contributed by atoms with Crippen molar-refractivity contribution in [2.45, 2.75) is 49.6 Å². The van der Waals surface area contributed by atoms with Crippen LogP contribution in [-0.4, -0.2) is 26.1 Å². The number of benzene rings is 2. The third-order valence-corrected chi connectivity index (χ3v) is 22.6. The Labute approximate surface area is 302 Å². The predicted molar refractivity (Wildman–Crippen MR) is 218 cm³/mol. The summed E-state index contributed by atoms with van der Waals surface area (Å²) < 4.78 is 7.50. The molecule has 9 rings (SSSR count). The first-order chi connectivity index (χ1) is 25.3. The van der Waals surface area contributed by atoms with E-state index >= 15 is 0 Å². The normalized spacial score (nSPS) is 22.1. The molecule has 3 nitrogen and oxygen atoms in total. The lowest BCUT2D eigenvalue weighted by atomic mass is 10.2. The van der Waals surface area contributed by atoms with E-state index in [4.69, 9.17) is 14.4 Å². The van der Waals surface area contributed by atoms with Crippen LogP contribution in [-0.2, 0) is 0 Å². The highest BCUT2D eigenvalue weighted by Crippen LogP contribution is 2.42. The number of hydrogen-bond acceptors (Lipinski definition) is 3. The van der Waals surface area contributed by atoms with Crippen molar-refractivity contribution < 1.29 is 4.42 Å². The third kappa shape index (κ3) is 5.13. The summed E-state index contributed by atoms with van der Waals surface area (Å²) in [6.07, 6.45) is 42.8. The minimum atomic E-state index is -2.68. The molecule has 4 aliphatic carbocycles. The average molecular weight is 695 g/mol. The van der Waals surface area contributed by atoms with Crippen molar-refractivity contribution in [2.24, 2.45) is 0 Å². The lowest BCUT2D eigenvalue weighted by molar-refractivity contribution is 0.671. The predicted octanol–water partition coefficient (Wildman–Crippen LogP) is 8.91. The summed E-state index contributed by atoms with van der Waals surface area (Å²) in [6.45, 7) is 0. The van der Waals surface area contributed by atoms with Gasteiger partial charge in [0, 0.05) is 12.4 Å². The number of nitrogens with zero attached hydrogens (tertiary/aromatic N) is 2. The summed E-state index contributed by atoms with van der Waals surface area (Å²) in [7, 11) is -5.37. The quantitative estimate of drug-likeness (QED) is 0.152. The van der Waals surface area contributed by atoms with E-state index in [0.717, 1.165) is 60.7 Å². The molecule has 51 heavy (non-hydrogen) atoms. The second kappa shape index (κ2) is 13.6. The van der Waals surface area contributed by atoms with Gasteiger partial charge < -0.3 is 4.42 Å². The molecule has 4 aliphatic rings. The fourth-order valence-corrected chi connectivity index (χ4v) is 21.0. The van der Waals surface area contributed by atoms with E-state index in [-0.39, 0.29) is 0 Å². The second-order valence-electron chi connectivity index (χ2n) is 14.2. The standard InChI is InChI=1S/C46H42N2OSi2/c1-7-19-35(20-8-1)50(36-21-9-2-10-22-36,37-23-11-3-12-24-37)41-31-33-47-43-44-46(49-45(41)43)42(32-34-48-44)51(38-25-13-4-14-26-38,39-27-15-5-16-28-39)40-29-17-6-18-30-40/h1-11,13-17,19-21,23,25-27,29,31-34,36,39H,12,18,22,24,28,30H2. The second-order valence-corrected chi connectivity index (χ2v) is 22.4. The zero-order valence-electron chi connectivity index (χ0n) is 28.9. The van der Waals surface area contributed by atoms with Crippen LogP contribution < -0.4 is 20.7 Å². The van der Waals surface area contributed by atoms with Gasteiger partial charge in [-0.3, -0.25) is 9.97 Å². The SMILES string of the molecule is C1=CCCC([Si](c2ccccc2)(c2ccnc3c2oc2c([Si](C4=CC=CCC4)(c4ccccc4)C4C=CC=CC4)ccnc23)C2C=CC=CC2)=C1. The first kappa shape index (κ1) is 31.8. The number of aromatic nitrogens is 2. The molecule has 0 spiro atoms. The molecule has 5 heteroatoms. The van der Waals surface area contributed by atoms with E-state index < -0.39 is 16.1 Å². The van der Waals surface area contributed by atoms with Crippen molar-refractivity contribution >= 4 is 59.1 Å². The summed E-state index contributed by atoms with van der Waals surface area (Å²) in [4.78, 5) is 10.2. The summed E-state index contributed by atoms with van der Waals surface area (Å²) in [5.41, 5.74) is 4.26. The molecule has 3 aromatic heterocycles. The van der Waals surface area contributed by atoms with Crippen LogP contribution in [0, 0.1) is 0 Å². The van der Waals surface area contributed by atoms with Crippen molar-refractivity contribution in [1.29, 1.82) is 0 Å². The molecule has 3 heterocycles. The molecule has 0 radical (unpaired) electrons. The Balaban J connectivity index is 1.39. The maximum atomic E-state index is 7.50. The Kier molecular flexibility index (Phi) is 8.46. The number of pyridine rings is 2. The van der Waals surface area contributed by atoms with Crippen LogP contribution in [0.3, 0.4) is 0 Å². The highest BCUT2D eigenvalue weighted by Gasteiger charge is 2.50. The topological polar surface area (TPSA) is 38.9 Å². The van der Waals surface area contributed by atoms with Gasteiger partial charge in [0.1, 0.15) is 11.0 Å². The minimum Gasteiger partial charge on any atom is -0.453 e. The molecular weight excluding hydrogens is 653 g/mol. The molecule has 0 fully saturated rings. The van der Waals surface area contributed by atoms with Crippen molar-refractivity contribution in [3.05, 3.63) is 181 Å². The van der Waals surface area contributed by atoms with Gasteiger partial charge in [-0.05, 0) is 82.5 Å². The molecule has 2 aromatic carbocycles. The summed E-state index contributed by atoms with van der Waals surface area (Å²) in [6, 6.07) is 27.2. The minimum absolute atomic E-state index is 0.338. The number of allylic oxidation sites excluding steroid dienone is 16. The maximum Gasteiger partial charge on any atom is 0.156 e. The fourth-order valence-electron chi connectivity index (χ4n) is 9.56. The van der Waals surface area contributed by atoms with E-state index in [1.54, 1.807) is 10.4 Å². The van der Waals surface area contributed by atoms with Crippen molar-refractivity contribution in [1.82, 2.24) is 9.97 Å². The molecule has 0 bridgehead atoms. The molecule has 4 unspecified atom stereocenters. The van der Waals surface area contributed by atoms with Crippen LogP contribution in [0.25, 0.3) is 22.2 Å². The third-order valence-electron chi connectivity index (χ3n) is 11.7. The van der Waals surface area contributed by atoms with Crippen LogP contribution in [0.5, 0.6) is 0 Å². The van der Waals surface area contributed by atoms with Gasteiger partial charge in [-0.15, -0.1) is 0 Å². The molecule has 5 aromatic rings. The van der Waals surface area contributed by atoms with E-state index in [1.807, 2.05) is 12.4 Å². The number of hydrogen-bond donors (Lipinski definition) is 0. The molecule has 0 aliphatic heterocycles. The summed E-state index contributed by atoms with van der Waals surface area (Å²) >= 11 is 0. The molecule has 0 saturated carbocycles. The monoisotopic (exact) mass is 694 g/mol. The largest absolute Gasteiger partial charge is 0.453 e. The van der Waals surface area contributed by atoms with E-state index in [1.165, 1.54) is 20.7 Å². The molecule has 250 valence electrons. The fraction of sp³-hybridized carbons (Fsp3) is 0.174. The van der Waals surface area contributed by atoms with Crippen LogP contribution in [0.4, 0.5) is 0 Å². The van der Waals surface area contributed by atoms with Gasteiger partial charge in [0.05, 0.1) is 0 Å². The molecule has 0 amide bonds. The van der Waals surface area contributed by atoms with Gasteiger partial charge in [0.25, 0.3) is 0 Å². The van der Waals surface area contributed by atoms with E-state index in [2.05, 4.69) is 158 Å². The average Bonchev–Trinajstić information content (AvgIpc) is 3.61. The highest BCUT2D eigenvalue weighted by molar-refractivity contribution is 7.10. The zero-order chi connectivity index (χ0) is 34.1. The highest BCUT2D eigenvalue weighted by atomic mass is 28.3. The van der Waals surface area contributed by atoms with Gasteiger partial charge in [-0.25, -0.2) is 0 Å². The Hall–Kier alpha value is -5.11. The van der Waals surface area contributed by atoms with Crippen molar-refractivity contribution in [3.63, 3.8) is 0 Å². The van der Waals surface area contributed by atoms with Crippen LogP contribution in [0.2, 0.25) is 11.1 Å². The first-order valence-corrected chi connectivity index (χ1v) is 22.7. The van der Waals surface area contributed by atoms with Gasteiger partial charge in [-0.1, -0.05) is 156 Å². The molecule has 0 N–H and O–H groups in total. The van der Waals surface area contributed by atoms with Crippen LogP contribution in [0.15, 0.2) is 185 Å². The Bertz CT molecular complexity index is 2180.